The molecule has 0 saturated carbocycles. The van der Waals surface area contributed by atoms with Crippen molar-refractivity contribution in [2.45, 2.75) is 57.4 Å². The number of nitrogens with one attached hydrogen (secondary N) is 1. The van der Waals surface area contributed by atoms with Crippen LogP contribution in [-0.4, -0.2) is 60.0 Å². The molecule has 28 heavy (non-hydrogen) atoms. The quantitative estimate of drug-likeness (QED) is 0.806. The molecule has 1 N–H and O–H groups in total. The average molecular weight is 385 g/mol. The van der Waals surface area contributed by atoms with Crippen LogP contribution in [0.5, 0.6) is 0 Å². The molecule has 3 amide bonds. The van der Waals surface area contributed by atoms with Gasteiger partial charge in [0, 0.05) is 32.7 Å². The zero-order valence-corrected chi connectivity index (χ0v) is 17.0. The van der Waals surface area contributed by atoms with Crippen LogP contribution in [0.25, 0.3) is 0 Å². The molecule has 0 radical (unpaired) electrons. The van der Waals surface area contributed by atoms with Crippen molar-refractivity contribution in [2.75, 3.05) is 42.9 Å². The smallest absolute Gasteiger partial charge is 0.320 e. The summed E-state index contributed by atoms with van der Waals surface area (Å²) in [5, 5.41) is 3.57. The number of piperidine rings is 1. The van der Waals surface area contributed by atoms with Gasteiger partial charge in [0.2, 0.25) is 0 Å². The van der Waals surface area contributed by atoms with Crippen LogP contribution in [-0.2, 0) is 4.79 Å². The summed E-state index contributed by atoms with van der Waals surface area (Å²) in [5.41, 5.74) is 1.45. The summed E-state index contributed by atoms with van der Waals surface area (Å²) in [6.45, 7) is 5.97. The Balaban J connectivity index is 1.50. The number of rotatable bonds is 4. The second-order valence-electron chi connectivity index (χ2n) is 8.35. The zero-order valence-electron chi connectivity index (χ0n) is 17.0. The third-order valence-electron chi connectivity index (χ3n) is 6.47. The number of hydrogen-bond acceptors (Lipinski definition) is 3. The van der Waals surface area contributed by atoms with E-state index in [1.807, 2.05) is 32.9 Å². The fourth-order valence-corrected chi connectivity index (χ4v) is 4.76. The van der Waals surface area contributed by atoms with Gasteiger partial charge in [-0.1, -0.05) is 31.9 Å². The minimum atomic E-state index is -0.581. The monoisotopic (exact) mass is 384 g/mol. The van der Waals surface area contributed by atoms with E-state index in [-0.39, 0.29) is 11.9 Å². The highest BCUT2D eigenvalue weighted by Crippen LogP contribution is 2.40. The zero-order chi connectivity index (χ0) is 19.6. The molecule has 0 aromatic heterocycles. The number of carbonyl (C=O) groups is 2. The van der Waals surface area contributed by atoms with Gasteiger partial charge in [-0.05, 0) is 44.2 Å². The van der Waals surface area contributed by atoms with Gasteiger partial charge < -0.3 is 20.0 Å². The van der Waals surface area contributed by atoms with E-state index in [1.54, 1.807) is 0 Å². The molecule has 0 atom stereocenters. The molecule has 0 aliphatic carbocycles. The number of fused-ring (bicyclic) bond motifs is 1. The Hall–Kier alpha value is -2.24. The van der Waals surface area contributed by atoms with Gasteiger partial charge in [-0.2, -0.15) is 0 Å². The van der Waals surface area contributed by atoms with E-state index >= 15 is 0 Å². The van der Waals surface area contributed by atoms with E-state index in [4.69, 9.17) is 0 Å². The Labute approximate surface area is 167 Å². The van der Waals surface area contributed by atoms with Crippen molar-refractivity contribution in [2.24, 2.45) is 0 Å². The lowest BCUT2D eigenvalue weighted by molar-refractivity contribution is -0.124. The van der Waals surface area contributed by atoms with Gasteiger partial charge in [0.05, 0.1) is 11.4 Å². The van der Waals surface area contributed by atoms with E-state index < -0.39 is 5.54 Å². The van der Waals surface area contributed by atoms with E-state index in [0.717, 1.165) is 63.1 Å². The van der Waals surface area contributed by atoms with Crippen molar-refractivity contribution >= 4 is 23.3 Å². The van der Waals surface area contributed by atoms with E-state index in [9.17, 15) is 9.59 Å². The first-order chi connectivity index (χ1) is 13.6. The van der Waals surface area contributed by atoms with Gasteiger partial charge in [0.1, 0.15) is 5.54 Å². The topological polar surface area (TPSA) is 55.9 Å². The number of carbonyl (C=O) groups excluding carboxylic acids is 2. The molecule has 0 bridgehead atoms. The normalized spacial score (nSPS) is 21.0. The number of nitrogens with zero attached hydrogens (tertiary/aromatic N) is 3. The van der Waals surface area contributed by atoms with E-state index in [0.29, 0.717) is 25.9 Å². The Morgan fingerprint density at radius 3 is 2.43 bits per heavy atom. The first-order valence-electron chi connectivity index (χ1n) is 10.9. The van der Waals surface area contributed by atoms with Gasteiger partial charge in [0.25, 0.3) is 5.91 Å². The van der Waals surface area contributed by atoms with Crippen molar-refractivity contribution in [1.82, 2.24) is 9.80 Å². The van der Waals surface area contributed by atoms with Crippen LogP contribution in [0.4, 0.5) is 16.2 Å². The maximum absolute atomic E-state index is 13.5. The molecule has 152 valence electrons. The predicted molar refractivity (Wildman–Crippen MR) is 112 cm³/mol. The summed E-state index contributed by atoms with van der Waals surface area (Å²) >= 11 is 0. The fourth-order valence-electron chi connectivity index (χ4n) is 4.76. The minimum absolute atomic E-state index is 0.149. The molecule has 1 spiro atoms. The second kappa shape index (κ2) is 8.02. The van der Waals surface area contributed by atoms with Crippen molar-refractivity contribution in [3.8, 4) is 0 Å². The molecule has 6 nitrogen and oxygen atoms in total. The molecule has 2 fully saturated rings. The standard InChI is InChI=1S/C22H32N4O2/c1-2-3-6-15-26-19-10-5-4-9-18(19)23-22(20(26)27)11-16-25(17-12-22)21(28)24-13-7-8-14-24/h4-5,9-10,23H,2-3,6-8,11-17H2,1H3. The van der Waals surface area contributed by atoms with Crippen LogP contribution in [0.1, 0.15) is 51.9 Å². The SMILES string of the molecule is CCCCCN1C(=O)C2(CCN(C(=O)N3CCCC3)CC2)Nc2ccccc21. The summed E-state index contributed by atoms with van der Waals surface area (Å²) in [6, 6.07) is 8.26. The summed E-state index contributed by atoms with van der Waals surface area (Å²) in [7, 11) is 0. The van der Waals surface area contributed by atoms with Crippen molar-refractivity contribution in [3.63, 3.8) is 0 Å². The molecule has 1 aromatic rings. The maximum atomic E-state index is 13.5. The largest absolute Gasteiger partial charge is 0.369 e. The molecular formula is C22H32N4O2. The second-order valence-corrected chi connectivity index (χ2v) is 8.35. The summed E-state index contributed by atoms with van der Waals surface area (Å²) in [5.74, 6) is 0.176. The van der Waals surface area contributed by atoms with Crippen LogP contribution in [0.3, 0.4) is 0 Å². The third-order valence-corrected chi connectivity index (χ3v) is 6.47. The lowest BCUT2D eigenvalue weighted by atomic mass is 9.83. The average Bonchev–Trinajstić information content (AvgIpc) is 3.26. The highest BCUT2D eigenvalue weighted by molar-refractivity contribution is 6.08. The molecule has 1 aromatic carbocycles. The lowest BCUT2D eigenvalue weighted by Gasteiger charge is -2.48. The molecule has 3 aliphatic rings. The van der Waals surface area contributed by atoms with Crippen molar-refractivity contribution in [1.29, 1.82) is 0 Å². The molecule has 4 rings (SSSR count). The molecule has 6 heteroatoms. The van der Waals surface area contributed by atoms with Crippen molar-refractivity contribution in [3.05, 3.63) is 24.3 Å². The summed E-state index contributed by atoms with van der Waals surface area (Å²) in [6.07, 6.45) is 6.84. The predicted octanol–water partition coefficient (Wildman–Crippen LogP) is 3.69. The number of unbranched alkanes of at least 4 members (excludes halogenated alkanes) is 2. The van der Waals surface area contributed by atoms with Crippen molar-refractivity contribution < 1.29 is 9.59 Å². The van der Waals surface area contributed by atoms with Gasteiger partial charge in [0.15, 0.2) is 0 Å². The van der Waals surface area contributed by atoms with Crippen LogP contribution in [0, 0.1) is 0 Å². The first kappa shape index (κ1) is 19.1. The number of hydrogen-bond donors (Lipinski definition) is 1. The van der Waals surface area contributed by atoms with Crippen LogP contribution < -0.4 is 10.2 Å². The number of urea groups is 1. The Bertz CT molecular complexity index is 721. The fraction of sp³-hybridized carbons (Fsp3) is 0.636. The molecule has 2 saturated heterocycles. The highest BCUT2D eigenvalue weighted by Gasteiger charge is 2.48. The maximum Gasteiger partial charge on any atom is 0.320 e. The number of amides is 3. The van der Waals surface area contributed by atoms with Gasteiger partial charge in [-0.3, -0.25) is 4.79 Å². The van der Waals surface area contributed by atoms with E-state index in [2.05, 4.69) is 18.3 Å². The number of anilines is 2. The van der Waals surface area contributed by atoms with Crippen LogP contribution in [0.2, 0.25) is 0 Å². The summed E-state index contributed by atoms with van der Waals surface area (Å²) < 4.78 is 0. The summed E-state index contributed by atoms with van der Waals surface area (Å²) in [4.78, 5) is 32.2. The molecular weight excluding hydrogens is 352 g/mol. The number of benzene rings is 1. The Morgan fingerprint density at radius 2 is 1.71 bits per heavy atom. The van der Waals surface area contributed by atoms with Crippen LogP contribution in [0.15, 0.2) is 24.3 Å². The van der Waals surface area contributed by atoms with Gasteiger partial charge >= 0.3 is 6.03 Å². The highest BCUT2D eigenvalue weighted by atomic mass is 16.2. The number of likely N-dealkylation sites (tertiary alicyclic amines) is 2. The number of para-hydroxylation sites is 2. The van der Waals surface area contributed by atoms with Gasteiger partial charge in [-0.15, -0.1) is 0 Å². The molecule has 0 unspecified atom stereocenters. The molecule has 3 heterocycles. The van der Waals surface area contributed by atoms with Crippen LogP contribution >= 0.6 is 0 Å². The minimum Gasteiger partial charge on any atom is -0.369 e. The molecule has 3 aliphatic heterocycles. The van der Waals surface area contributed by atoms with Gasteiger partial charge in [-0.25, -0.2) is 4.79 Å². The first-order valence-corrected chi connectivity index (χ1v) is 10.9. The third kappa shape index (κ3) is 3.45. The lowest BCUT2D eigenvalue weighted by Crippen LogP contribution is -2.63. The Kier molecular flexibility index (Phi) is 5.47. The van der Waals surface area contributed by atoms with E-state index in [1.165, 1.54) is 0 Å². The Morgan fingerprint density at radius 1 is 1.04 bits per heavy atom.